The Hall–Kier alpha value is -3.13. The molecule has 1 aliphatic rings. The summed E-state index contributed by atoms with van der Waals surface area (Å²) in [6.07, 6.45) is 0. The Morgan fingerprint density at radius 1 is 1.04 bits per heavy atom. The van der Waals surface area contributed by atoms with Crippen molar-refractivity contribution in [3.63, 3.8) is 0 Å². The zero-order valence-corrected chi connectivity index (χ0v) is 15.8. The van der Waals surface area contributed by atoms with Crippen molar-refractivity contribution >= 4 is 34.8 Å². The van der Waals surface area contributed by atoms with Crippen molar-refractivity contribution in [2.45, 2.75) is 0 Å². The summed E-state index contributed by atoms with van der Waals surface area (Å²) in [6.45, 7) is 1.68. The second-order valence-corrected chi connectivity index (χ2v) is 6.68. The first-order valence-electron chi connectivity index (χ1n) is 8.76. The molecule has 0 spiro atoms. The first-order valence-corrected chi connectivity index (χ1v) is 9.14. The fourth-order valence-corrected chi connectivity index (χ4v) is 3.31. The molecule has 0 radical (unpaired) electrons. The number of benzene rings is 2. The highest BCUT2D eigenvalue weighted by molar-refractivity contribution is 6.33. The smallest absolute Gasteiger partial charge is 0.292 e. The van der Waals surface area contributed by atoms with Crippen LogP contribution in [0.4, 0.5) is 11.4 Å². The fraction of sp³-hybridized carbons (Fsp3) is 0.263. The Labute approximate surface area is 166 Å². The zero-order chi connectivity index (χ0) is 20.1. The second kappa shape index (κ2) is 8.71. The normalized spacial score (nSPS) is 13.9. The number of hydrogen-bond donors (Lipinski definition) is 1. The van der Waals surface area contributed by atoms with Crippen molar-refractivity contribution in [3.05, 3.63) is 69.2 Å². The summed E-state index contributed by atoms with van der Waals surface area (Å²) in [6, 6.07) is 13.2. The maximum atomic E-state index is 12.4. The maximum absolute atomic E-state index is 12.4. The SMILES string of the molecule is O=C(NCC(=O)N1CCN(c2ccccc2[N+](=O)[O-])CC1)c1ccccc1Cl. The Bertz CT molecular complexity index is 897. The molecular weight excluding hydrogens is 384 g/mol. The van der Waals surface area contributed by atoms with Crippen LogP contribution in [0, 0.1) is 10.1 Å². The van der Waals surface area contributed by atoms with Crippen molar-refractivity contribution < 1.29 is 14.5 Å². The van der Waals surface area contributed by atoms with Crippen molar-refractivity contribution in [2.24, 2.45) is 0 Å². The third-order valence-corrected chi connectivity index (χ3v) is 4.90. The number of nitrogens with one attached hydrogen (secondary N) is 1. The van der Waals surface area contributed by atoms with E-state index in [1.165, 1.54) is 6.07 Å². The summed E-state index contributed by atoms with van der Waals surface area (Å²) in [7, 11) is 0. The number of rotatable bonds is 5. The molecule has 0 saturated carbocycles. The van der Waals surface area contributed by atoms with Crippen LogP contribution < -0.4 is 10.2 Å². The molecule has 8 nitrogen and oxygen atoms in total. The van der Waals surface area contributed by atoms with Crippen LogP contribution in [-0.2, 0) is 4.79 Å². The topological polar surface area (TPSA) is 95.8 Å². The minimum absolute atomic E-state index is 0.0503. The molecule has 28 heavy (non-hydrogen) atoms. The van der Waals surface area contributed by atoms with Crippen LogP contribution >= 0.6 is 11.6 Å². The second-order valence-electron chi connectivity index (χ2n) is 6.28. The highest BCUT2D eigenvalue weighted by Gasteiger charge is 2.25. The van der Waals surface area contributed by atoms with Gasteiger partial charge in [-0.2, -0.15) is 0 Å². The van der Waals surface area contributed by atoms with Crippen LogP contribution in [0.15, 0.2) is 48.5 Å². The number of carbonyl (C=O) groups excluding carboxylic acids is 2. The fourth-order valence-electron chi connectivity index (χ4n) is 3.09. The van der Waals surface area contributed by atoms with Crippen molar-refractivity contribution in [2.75, 3.05) is 37.6 Å². The van der Waals surface area contributed by atoms with Gasteiger partial charge < -0.3 is 15.1 Å². The number of nitrogens with zero attached hydrogens (tertiary/aromatic N) is 3. The van der Waals surface area contributed by atoms with Crippen molar-refractivity contribution in [3.8, 4) is 0 Å². The van der Waals surface area contributed by atoms with Gasteiger partial charge in [-0.1, -0.05) is 35.9 Å². The van der Waals surface area contributed by atoms with Crippen LogP contribution in [0.1, 0.15) is 10.4 Å². The lowest BCUT2D eigenvalue weighted by molar-refractivity contribution is -0.384. The lowest BCUT2D eigenvalue weighted by atomic mass is 10.2. The van der Waals surface area contributed by atoms with Gasteiger partial charge in [-0.15, -0.1) is 0 Å². The highest BCUT2D eigenvalue weighted by atomic mass is 35.5. The summed E-state index contributed by atoms with van der Waals surface area (Å²) < 4.78 is 0. The van der Waals surface area contributed by atoms with Crippen LogP contribution in [0.3, 0.4) is 0 Å². The predicted molar refractivity (Wildman–Crippen MR) is 106 cm³/mol. The molecule has 146 valence electrons. The minimum atomic E-state index is -0.406. The zero-order valence-electron chi connectivity index (χ0n) is 15.0. The van der Waals surface area contributed by atoms with Gasteiger partial charge in [0.15, 0.2) is 0 Å². The molecule has 3 rings (SSSR count). The third kappa shape index (κ3) is 4.40. The van der Waals surface area contributed by atoms with Crippen LogP contribution in [0.2, 0.25) is 5.02 Å². The molecule has 1 fully saturated rings. The molecule has 1 N–H and O–H groups in total. The number of halogens is 1. The maximum Gasteiger partial charge on any atom is 0.292 e. The molecule has 0 unspecified atom stereocenters. The standard InChI is InChI=1S/C19H19ClN4O4/c20-15-6-2-1-5-14(15)19(26)21-13-18(25)23-11-9-22(10-12-23)16-7-3-4-8-17(16)24(27)28/h1-8H,9-13H2,(H,21,26). The first-order chi connectivity index (χ1) is 13.5. The summed E-state index contributed by atoms with van der Waals surface area (Å²) in [5.41, 5.74) is 0.916. The average molecular weight is 403 g/mol. The van der Waals surface area contributed by atoms with Crippen LogP contribution in [-0.4, -0.2) is 54.4 Å². The van der Waals surface area contributed by atoms with E-state index in [4.69, 9.17) is 11.6 Å². The predicted octanol–water partition coefficient (Wildman–Crippen LogP) is 2.33. The van der Waals surface area contributed by atoms with E-state index in [0.717, 1.165) is 0 Å². The van der Waals surface area contributed by atoms with Gasteiger partial charge >= 0.3 is 0 Å². The molecule has 0 bridgehead atoms. The molecular formula is C19H19ClN4O4. The third-order valence-electron chi connectivity index (χ3n) is 4.57. The molecule has 1 heterocycles. The lowest BCUT2D eigenvalue weighted by Crippen LogP contribution is -2.51. The van der Waals surface area contributed by atoms with E-state index in [-0.39, 0.29) is 18.1 Å². The van der Waals surface area contributed by atoms with E-state index in [0.29, 0.717) is 42.5 Å². The molecule has 0 aliphatic carbocycles. The van der Waals surface area contributed by atoms with Gasteiger partial charge in [0.1, 0.15) is 5.69 Å². The molecule has 9 heteroatoms. The van der Waals surface area contributed by atoms with Crippen molar-refractivity contribution in [1.82, 2.24) is 10.2 Å². The van der Waals surface area contributed by atoms with Gasteiger partial charge in [-0.05, 0) is 18.2 Å². The monoisotopic (exact) mass is 402 g/mol. The van der Waals surface area contributed by atoms with Gasteiger partial charge in [0.05, 0.1) is 22.1 Å². The Morgan fingerprint density at radius 2 is 1.68 bits per heavy atom. The van der Waals surface area contributed by atoms with Gasteiger partial charge in [-0.3, -0.25) is 19.7 Å². The average Bonchev–Trinajstić information content (AvgIpc) is 2.72. The Morgan fingerprint density at radius 3 is 2.36 bits per heavy atom. The number of nitro benzene ring substituents is 1. The van der Waals surface area contributed by atoms with Gasteiger partial charge in [-0.25, -0.2) is 0 Å². The minimum Gasteiger partial charge on any atom is -0.362 e. The Kier molecular flexibility index (Phi) is 6.10. The number of amides is 2. The van der Waals surface area contributed by atoms with Gasteiger partial charge in [0.25, 0.3) is 11.6 Å². The molecule has 1 saturated heterocycles. The summed E-state index contributed by atoms with van der Waals surface area (Å²) in [5.74, 6) is -0.611. The van der Waals surface area contributed by atoms with Gasteiger partial charge in [0, 0.05) is 32.2 Å². The number of para-hydroxylation sites is 2. The Balaban J connectivity index is 1.54. The van der Waals surface area contributed by atoms with E-state index in [1.54, 1.807) is 47.4 Å². The quantitative estimate of drug-likeness (QED) is 0.611. The molecule has 2 aromatic rings. The number of hydrogen-bond acceptors (Lipinski definition) is 5. The van der Waals surface area contributed by atoms with Crippen molar-refractivity contribution in [1.29, 1.82) is 0 Å². The molecule has 2 amide bonds. The lowest BCUT2D eigenvalue weighted by Gasteiger charge is -2.35. The molecule has 0 aromatic heterocycles. The number of carbonyl (C=O) groups is 2. The number of nitro groups is 1. The van der Waals surface area contributed by atoms with E-state index in [1.807, 2.05) is 4.90 Å². The highest BCUT2D eigenvalue weighted by Crippen LogP contribution is 2.28. The van der Waals surface area contributed by atoms with E-state index in [9.17, 15) is 19.7 Å². The number of anilines is 1. The van der Waals surface area contributed by atoms with Crippen LogP contribution in [0.25, 0.3) is 0 Å². The molecule has 1 aliphatic heterocycles. The molecule has 2 aromatic carbocycles. The molecule has 0 atom stereocenters. The van der Waals surface area contributed by atoms with E-state index >= 15 is 0 Å². The largest absolute Gasteiger partial charge is 0.362 e. The van der Waals surface area contributed by atoms with E-state index in [2.05, 4.69) is 5.32 Å². The summed E-state index contributed by atoms with van der Waals surface area (Å²) in [5, 5.41) is 14.1. The first kappa shape index (κ1) is 19.6. The summed E-state index contributed by atoms with van der Waals surface area (Å²) >= 11 is 5.98. The van der Waals surface area contributed by atoms with E-state index < -0.39 is 10.8 Å². The van der Waals surface area contributed by atoms with Crippen LogP contribution in [0.5, 0.6) is 0 Å². The number of piperazine rings is 1. The van der Waals surface area contributed by atoms with Gasteiger partial charge in [0.2, 0.25) is 5.91 Å². The summed E-state index contributed by atoms with van der Waals surface area (Å²) in [4.78, 5) is 38.9.